The number of rotatable bonds is 6. The van der Waals surface area contributed by atoms with Gasteiger partial charge in [-0.1, -0.05) is 67.2 Å². The van der Waals surface area contributed by atoms with Crippen molar-refractivity contribution < 1.29 is 9.53 Å². The van der Waals surface area contributed by atoms with Crippen molar-refractivity contribution in [3.63, 3.8) is 0 Å². The Bertz CT molecular complexity index is 661. The van der Waals surface area contributed by atoms with Crippen LogP contribution in [-0.2, 0) is 22.4 Å². The van der Waals surface area contributed by atoms with Gasteiger partial charge in [0, 0.05) is 11.5 Å². The minimum absolute atomic E-state index is 0.0427. The van der Waals surface area contributed by atoms with Crippen LogP contribution < -0.4 is 0 Å². The minimum atomic E-state index is -0.221. The smallest absolute Gasteiger partial charge is 0.334 e. The van der Waals surface area contributed by atoms with Crippen LogP contribution in [0.2, 0.25) is 0 Å². The molecule has 2 atom stereocenters. The molecular formula is C21H22O2. The fourth-order valence-corrected chi connectivity index (χ4v) is 3.21. The number of benzene rings is 2. The van der Waals surface area contributed by atoms with Crippen molar-refractivity contribution in [3.05, 3.63) is 83.9 Å². The van der Waals surface area contributed by atoms with Crippen LogP contribution in [0.4, 0.5) is 0 Å². The number of ether oxygens (including phenoxy) is 1. The number of hydrogen-bond donors (Lipinski definition) is 0. The lowest BCUT2D eigenvalue weighted by atomic mass is 9.88. The van der Waals surface area contributed by atoms with Gasteiger partial charge in [0.2, 0.25) is 0 Å². The van der Waals surface area contributed by atoms with Crippen molar-refractivity contribution in [1.82, 2.24) is 0 Å². The first kappa shape index (κ1) is 15.5. The standard InChI is InChI=1S/C21H22O2/c1-16-19(14-12-17-8-4-2-5-9-17)20(23-21(16)22)15-13-18-10-6-3-7-11-18/h2-11,19-20H,1,12-15H2. The highest BCUT2D eigenvalue weighted by molar-refractivity contribution is 5.90. The molecule has 2 aromatic carbocycles. The number of hydrogen-bond acceptors (Lipinski definition) is 2. The topological polar surface area (TPSA) is 26.3 Å². The first-order valence-corrected chi connectivity index (χ1v) is 8.21. The Balaban J connectivity index is 1.61. The van der Waals surface area contributed by atoms with E-state index in [2.05, 4.69) is 30.8 Å². The Morgan fingerprint density at radius 1 is 0.826 bits per heavy atom. The van der Waals surface area contributed by atoms with E-state index in [1.165, 1.54) is 11.1 Å². The summed E-state index contributed by atoms with van der Waals surface area (Å²) in [6.45, 7) is 3.96. The predicted octanol–water partition coefficient (Wildman–Crippen LogP) is 4.35. The maximum atomic E-state index is 11.9. The molecule has 0 saturated carbocycles. The van der Waals surface area contributed by atoms with Gasteiger partial charge in [-0.05, 0) is 36.8 Å². The van der Waals surface area contributed by atoms with Crippen molar-refractivity contribution in [1.29, 1.82) is 0 Å². The molecule has 0 radical (unpaired) electrons. The van der Waals surface area contributed by atoms with Crippen molar-refractivity contribution in [2.75, 3.05) is 0 Å². The molecule has 0 amide bonds. The summed E-state index contributed by atoms with van der Waals surface area (Å²) in [5.41, 5.74) is 3.21. The van der Waals surface area contributed by atoms with E-state index in [9.17, 15) is 4.79 Å². The van der Waals surface area contributed by atoms with Crippen LogP contribution >= 0.6 is 0 Å². The van der Waals surface area contributed by atoms with Crippen LogP contribution in [0.1, 0.15) is 24.0 Å². The Labute approximate surface area is 137 Å². The van der Waals surface area contributed by atoms with Gasteiger partial charge in [-0.25, -0.2) is 4.79 Å². The van der Waals surface area contributed by atoms with Crippen LogP contribution in [0.5, 0.6) is 0 Å². The highest BCUT2D eigenvalue weighted by atomic mass is 16.6. The molecular weight excluding hydrogens is 284 g/mol. The first-order valence-electron chi connectivity index (χ1n) is 8.21. The molecule has 2 nitrogen and oxygen atoms in total. The molecule has 0 bridgehead atoms. The molecule has 2 aromatic rings. The van der Waals surface area contributed by atoms with Crippen molar-refractivity contribution in [2.24, 2.45) is 5.92 Å². The zero-order chi connectivity index (χ0) is 16.1. The summed E-state index contributed by atoms with van der Waals surface area (Å²) in [5.74, 6) is -0.0902. The van der Waals surface area contributed by atoms with Crippen molar-refractivity contribution in [2.45, 2.75) is 31.8 Å². The molecule has 23 heavy (non-hydrogen) atoms. The molecule has 1 aliphatic rings. The second kappa shape index (κ2) is 7.28. The van der Waals surface area contributed by atoms with Crippen LogP contribution in [0, 0.1) is 5.92 Å². The first-order chi connectivity index (χ1) is 11.2. The Morgan fingerprint density at radius 3 is 1.91 bits per heavy atom. The normalized spacial score (nSPS) is 20.5. The van der Waals surface area contributed by atoms with E-state index in [1.807, 2.05) is 36.4 Å². The Morgan fingerprint density at radius 2 is 1.35 bits per heavy atom. The lowest BCUT2D eigenvalue weighted by Gasteiger charge is -2.17. The molecule has 1 saturated heterocycles. The van der Waals surface area contributed by atoms with Gasteiger partial charge in [0.05, 0.1) is 0 Å². The molecule has 3 rings (SSSR count). The lowest BCUT2D eigenvalue weighted by molar-refractivity contribution is -0.139. The quantitative estimate of drug-likeness (QED) is 0.586. The molecule has 2 heteroatoms. The van der Waals surface area contributed by atoms with Gasteiger partial charge >= 0.3 is 5.97 Å². The van der Waals surface area contributed by atoms with Gasteiger partial charge in [0.25, 0.3) is 0 Å². The summed E-state index contributed by atoms with van der Waals surface area (Å²) < 4.78 is 5.56. The van der Waals surface area contributed by atoms with Crippen molar-refractivity contribution >= 4 is 5.97 Å². The van der Waals surface area contributed by atoms with Crippen LogP contribution in [0.3, 0.4) is 0 Å². The summed E-state index contributed by atoms with van der Waals surface area (Å²) in [6.07, 6.45) is 3.60. The number of cyclic esters (lactones) is 1. The highest BCUT2D eigenvalue weighted by Gasteiger charge is 2.37. The minimum Gasteiger partial charge on any atom is -0.458 e. The third kappa shape index (κ3) is 3.89. The summed E-state index contributed by atoms with van der Waals surface area (Å²) in [5, 5.41) is 0. The average Bonchev–Trinajstić information content (AvgIpc) is 2.87. The van der Waals surface area contributed by atoms with E-state index >= 15 is 0 Å². The Hall–Kier alpha value is -2.35. The molecule has 0 aliphatic carbocycles. The van der Waals surface area contributed by atoms with Gasteiger partial charge in [-0.3, -0.25) is 0 Å². The number of aryl methyl sites for hydroxylation is 2. The third-order valence-corrected chi connectivity index (χ3v) is 4.56. The van der Waals surface area contributed by atoms with E-state index in [1.54, 1.807) is 0 Å². The molecule has 2 unspecified atom stereocenters. The number of esters is 1. The lowest BCUT2D eigenvalue weighted by Crippen LogP contribution is -2.18. The monoisotopic (exact) mass is 306 g/mol. The molecule has 1 heterocycles. The van der Waals surface area contributed by atoms with Crippen LogP contribution in [0.15, 0.2) is 72.8 Å². The van der Waals surface area contributed by atoms with Crippen LogP contribution in [0.25, 0.3) is 0 Å². The van der Waals surface area contributed by atoms with E-state index in [0.717, 1.165) is 25.7 Å². The number of carbonyl (C=O) groups is 1. The average molecular weight is 306 g/mol. The van der Waals surface area contributed by atoms with Gasteiger partial charge < -0.3 is 4.74 Å². The fraction of sp³-hybridized carbons (Fsp3) is 0.286. The summed E-state index contributed by atoms with van der Waals surface area (Å²) >= 11 is 0. The van der Waals surface area contributed by atoms with E-state index in [4.69, 9.17) is 4.74 Å². The zero-order valence-electron chi connectivity index (χ0n) is 13.3. The molecule has 118 valence electrons. The maximum absolute atomic E-state index is 11.9. The highest BCUT2D eigenvalue weighted by Crippen LogP contribution is 2.33. The molecule has 0 spiro atoms. The second-order valence-corrected chi connectivity index (χ2v) is 6.12. The summed E-state index contributed by atoms with van der Waals surface area (Å²) in [4.78, 5) is 11.9. The molecule has 0 N–H and O–H groups in total. The Kier molecular flexibility index (Phi) is 4.92. The summed E-state index contributed by atoms with van der Waals surface area (Å²) in [7, 11) is 0. The van der Waals surface area contributed by atoms with E-state index in [-0.39, 0.29) is 18.0 Å². The van der Waals surface area contributed by atoms with E-state index < -0.39 is 0 Å². The largest absolute Gasteiger partial charge is 0.458 e. The summed E-state index contributed by atoms with van der Waals surface area (Å²) in [6, 6.07) is 20.7. The number of carbonyl (C=O) groups excluding carboxylic acids is 1. The molecule has 0 aromatic heterocycles. The maximum Gasteiger partial charge on any atom is 0.334 e. The van der Waals surface area contributed by atoms with Gasteiger partial charge in [-0.15, -0.1) is 0 Å². The van der Waals surface area contributed by atoms with E-state index in [0.29, 0.717) is 5.57 Å². The second-order valence-electron chi connectivity index (χ2n) is 6.12. The third-order valence-electron chi connectivity index (χ3n) is 4.56. The SMILES string of the molecule is C=C1C(=O)OC(CCc2ccccc2)C1CCc1ccccc1. The van der Waals surface area contributed by atoms with Crippen molar-refractivity contribution in [3.8, 4) is 0 Å². The molecule has 1 fully saturated rings. The molecule has 1 aliphatic heterocycles. The van der Waals surface area contributed by atoms with Gasteiger partial charge in [0.1, 0.15) is 6.10 Å². The zero-order valence-corrected chi connectivity index (χ0v) is 13.3. The van der Waals surface area contributed by atoms with Gasteiger partial charge in [-0.2, -0.15) is 0 Å². The fourth-order valence-electron chi connectivity index (χ4n) is 3.21. The van der Waals surface area contributed by atoms with Crippen LogP contribution in [-0.4, -0.2) is 12.1 Å². The predicted molar refractivity (Wildman–Crippen MR) is 92.0 cm³/mol. The van der Waals surface area contributed by atoms with Gasteiger partial charge in [0.15, 0.2) is 0 Å².